The van der Waals surface area contributed by atoms with E-state index in [0.29, 0.717) is 5.56 Å². The number of nitrogens with zero attached hydrogens (tertiary/aromatic N) is 1. The summed E-state index contributed by atoms with van der Waals surface area (Å²) < 4.78 is 26.7. The minimum Gasteiger partial charge on any atom is -0.300 e. The molecule has 0 aromatic heterocycles. The lowest BCUT2D eigenvalue weighted by molar-refractivity contribution is -0.114. The van der Waals surface area contributed by atoms with E-state index < -0.39 is 23.3 Å². The van der Waals surface area contributed by atoms with Crippen LogP contribution >= 0.6 is 15.9 Å². The molecule has 0 saturated carbocycles. The zero-order valence-electron chi connectivity index (χ0n) is 10.6. The molecular formula is C15H8BrF2NO2. The number of carbonyl (C=O) groups excluding carboxylic acids is 2. The van der Waals surface area contributed by atoms with Crippen molar-refractivity contribution in [2.45, 2.75) is 6.54 Å². The molecule has 0 saturated heterocycles. The summed E-state index contributed by atoms with van der Waals surface area (Å²) >= 11 is 2.99. The molecule has 0 N–H and O–H groups in total. The molecular weight excluding hydrogens is 344 g/mol. The first-order valence-corrected chi connectivity index (χ1v) is 6.86. The first kappa shape index (κ1) is 13.9. The fourth-order valence-corrected chi connectivity index (χ4v) is 2.56. The Labute approximate surface area is 127 Å². The molecule has 21 heavy (non-hydrogen) atoms. The van der Waals surface area contributed by atoms with Crippen LogP contribution in [-0.4, -0.2) is 11.7 Å². The first-order chi connectivity index (χ1) is 9.97. The van der Waals surface area contributed by atoms with Gasteiger partial charge in [0.1, 0.15) is 11.6 Å². The molecule has 0 spiro atoms. The van der Waals surface area contributed by atoms with Crippen LogP contribution in [-0.2, 0) is 11.3 Å². The van der Waals surface area contributed by atoms with Crippen molar-refractivity contribution >= 4 is 33.3 Å². The molecule has 0 radical (unpaired) electrons. The molecule has 3 rings (SSSR count). The Kier molecular flexibility index (Phi) is 3.33. The van der Waals surface area contributed by atoms with Crippen molar-refractivity contribution in [1.82, 2.24) is 0 Å². The van der Waals surface area contributed by atoms with E-state index in [0.717, 1.165) is 6.07 Å². The second-order valence-electron chi connectivity index (χ2n) is 4.63. The van der Waals surface area contributed by atoms with Gasteiger partial charge in [-0.2, -0.15) is 0 Å². The van der Waals surface area contributed by atoms with Gasteiger partial charge in [0, 0.05) is 0 Å². The Balaban J connectivity index is 2.01. The summed E-state index contributed by atoms with van der Waals surface area (Å²) in [7, 11) is 0. The molecule has 6 heteroatoms. The third kappa shape index (κ3) is 2.35. The van der Waals surface area contributed by atoms with Crippen LogP contribution in [0.4, 0.5) is 14.5 Å². The summed E-state index contributed by atoms with van der Waals surface area (Å²) in [4.78, 5) is 25.1. The minimum atomic E-state index is -0.716. The van der Waals surface area contributed by atoms with Crippen molar-refractivity contribution in [3.63, 3.8) is 0 Å². The van der Waals surface area contributed by atoms with Crippen molar-refractivity contribution in [2.75, 3.05) is 4.90 Å². The number of halogens is 3. The molecule has 0 aliphatic carbocycles. The number of carbonyl (C=O) groups is 2. The van der Waals surface area contributed by atoms with Gasteiger partial charge in [-0.15, -0.1) is 0 Å². The van der Waals surface area contributed by atoms with Crippen molar-refractivity contribution in [3.05, 3.63) is 63.6 Å². The molecule has 106 valence electrons. The predicted molar refractivity (Wildman–Crippen MR) is 76.0 cm³/mol. The number of benzene rings is 2. The summed E-state index contributed by atoms with van der Waals surface area (Å²) in [5, 5.41) is 0. The van der Waals surface area contributed by atoms with Gasteiger partial charge in [-0.3, -0.25) is 9.59 Å². The van der Waals surface area contributed by atoms with E-state index in [1.54, 1.807) is 0 Å². The van der Waals surface area contributed by atoms with Gasteiger partial charge < -0.3 is 4.90 Å². The summed E-state index contributed by atoms with van der Waals surface area (Å²) in [5.41, 5.74) is 1.04. The van der Waals surface area contributed by atoms with E-state index in [1.165, 1.54) is 35.2 Å². The third-order valence-electron chi connectivity index (χ3n) is 3.27. The van der Waals surface area contributed by atoms with E-state index in [4.69, 9.17) is 0 Å². The highest BCUT2D eigenvalue weighted by Gasteiger charge is 2.36. The predicted octanol–water partition coefficient (Wildman–Crippen LogP) is 3.46. The topological polar surface area (TPSA) is 37.4 Å². The molecule has 2 aromatic rings. The van der Waals surface area contributed by atoms with Gasteiger partial charge in [-0.05, 0) is 45.8 Å². The second-order valence-corrected chi connectivity index (χ2v) is 5.48. The number of hydrogen-bond donors (Lipinski definition) is 0. The monoisotopic (exact) mass is 351 g/mol. The van der Waals surface area contributed by atoms with Gasteiger partial charge in [0.15, 0.2) is 0 Å². The molecule has 1 aliphatic heterocycles. The molecule has 3 nitrogen and oxygen atoms in total. The zero-order chi connectivity index (χ0) is 15.1. The number of amides is 1. The maximum Gasteiger partial charge on any atom is 0.299 e. The molecule has 0 atom stereocenters. The number of rotatable bonds is 2. The lowest BCUT2D eigenvalue weighted by atomic mass is 10.1. The highest BCUT2D eigenvalue weighted by atomic mass is 79.9. The number of anilines is 1. The average Bonchev–Trinajstić information content (AvgIpc) is 2.67. The molecule has 0 unspecified atom stereocenters. The Morgan fingerprint density at radius 3 is 2.38 bits per heavy atom. The van der Waals surface area contributed by atoms with Crippen LogP contribution < -0.4 is 4.90 Å². The van der Waals surface area contributed by atoms with Gasteiger partial charge in [0.05, 0.1) is 22.3 Å². The number of ketones is 1. The maximum absolute atomic E-state index is 13.6. The summed E-state index contributed by atoms with van der Waals surface area (Å²) in [6.45, 7) is 0.0823. The lowest BCUT2D eigenvalue weighted by Crippen LogP contribution is -2.29. The van der Waals surface area contributed by atoms with Crippen LogP contribution in [0.3, 0.4) is 0 Å². The zero-order valence-corrected chi connectivity index (χ0v) is 12.2. The first-order valence-electron chi connectivity index (χ1n) is 6.07. The number of fused-ring (bicyclic) bond motifs is 1. The van der Waals surface area contributed by atoms with Crippen molar-refractivity contribution < 1.29 is 18.4 Å². The van der Waals surface area contributed by atoms with E-state index in [1.807, 2.05) is 0 Å². The van der Waals surface area contributed by atoms with E-state index in [9.17, 15) is 18.4 Å². The third-order valence-corrected chi connectivity index (χ3v) is 3.88. The van der Waals surface area contributed by atoms with Crippen molar-refractivity contribution in [1.29, 1.82) is 0 Å². The van der Waals surface area contributed by atoms with Crippen LogP contribution in [0.25, 0.3) is 0 Å². The van der Waals surface area contributed by atoms with Gasteiger partial charge in [-0.1, -0.05) is 12.1 Å². The fraction of sp³-hybridized carbons (Fsp3) is 0.0667. The van der Waals surface area contributed by atoms with E-state index in [-0.39, 0.29) is 22.3 Å². The van der Waals surface area contributed by atoms with Crippen LogP contribution in [0.2, 0.25) is 0 Å². The van der Waals surface area contributed by atoms with Crippen LogP contribution in [0.1, 0.15) is 15.9 Å². The number of Topliss-reactive ketones (excluding diaryl/α,β-unsaturated/α-hetero) is 1. The Bertz CT molecular complexity index is 759. The number of hydrogen-bond acceptors (Lipinski definition) is 2. The molecule has 2 aromatic carbocycles. The standard InChI is InChI=1S/C15H8BrF2NO2/c16-11-5-10-13(6-12(11)18)19(15(21)14(10)20)7-8-1-3-9(17)4-2-8/h1-6H,7H2. The smallest absolute Gasteiger partial charge is 0.299 e. The van der Waals surface area contributed by atoms with Gasteiger partial charge in [-0.25, -0.2) is 8.78 Å². The highest BCUT2D eigenvalue weighted by molar-refractivity contribution is 9.10. The largest absolute Gasteiger partial charge is 0.300 e. The van der Waals surface area contributed by atoms with E-state index in [2.05, 4.69) is 15.9 Å². The van der Waals surface area contributed by atoms with Gasteiger partial charge in [0.2, 0.25) is 0 Å². The quantitative estimate of drug-likeness (QED) is 0.777. The van der Waals surface area contributed by atoms with Crippen molar-refractivity contribution in [3.8, 4) is 0 Å². The van der Waals surface area contributed by atoms with Crippen LogP contribution in [0.15, 0.2) is 40.9 Å². The summed E-state index contributed by atoms with van der Waals surface area (Å²) in [6, 6.07) is 8.00. The molecule has 0 fully saturated rings. The van der Waals surface area contributed by atoms with Gasteiger partial charge in [0.25, 0.3) is 11.7 Å². The normalized spacial score (nSPS) is 13.8. The van der Waals surface area contributed by atoms with E-state index >= 15 is 0 Å². The van der Waals surface area contributed by atoms with Crippen molar-refractivity contribution in [2.24, 2.45) is 0 Å². The SMILES string of the molecule is O=C1C(=O)N(Cc2ccc(F)cc2)c2cc(F)c(Br)cc21. The van der Waals surface area contributed by atoms with Crippen LogP contribution in [0, 0.1) is 11.6 Å². The summed E-state index contributed by atoms with van der Waals surface area (Å²) in [5.74, 6) is -2.34. The van der Waals surface area contributed by atoms with Gasteiger partial charge >= 0.3 is 0 Å². The minimum absolute atomic E-state index is 0.0823. The fourth-order valence-electron chi connectivity index (χ4n) is 2.22. The Hall–Kier alpha value is -2.08. The molecule has 1 aliphatic rings. The molecule has 1 amide bonds. The molecule has 1 heterocycles. The highest BCUT2D eigenvalue weighted by Crippen LogP contribution is 2.34. The maximum atomic E-state index is 13.6. The summed E-state index contributed by atoms with van der Waals surface area (Å²) in [6.07, 6.45) is 0. The Morgan fingerprint density at radius 2 is 1.71 bits per heavy atom. The lowest BCUT2D eigenvalue weighted by Gasteiger charge is -2.16. The Morgan fingerprint density at radius 1 is 1.05 bits per heavy atom. The second kappa shape index (κ2) is 5.04. The molecule has 0 bridgehead atoms. The van der Waals surface area contributed by atoms with Crippen LogP contribution in [0.5, 0.6) is 0 Å². The average molecular weight is 352 g/mol.